The average Bonchev–Trinajstić information content (AvgIpc) is 2.90. The van der Waals surface area contributed by atoms with Crippen LogP contribution in [0, 0.1) is 29.3 Å². The molecule has 3 rings (SSSR count). The van der Waals surface area contributed by atoms with Crippen molar-refractivity contribution in [2.45, 2.75) is 18.9 Å². The summed E-state index contributed by atoms with van der Waals surface area (Å²) in [6.07, 6.45) is 1.86. The largest absolute Gasteiger partial charge is 0.338 e. The van der Waals surface area contributed by atoms with E-state index in [2.05, 4.69) is 0 Å². The summed E-state index contributed by atoms with van der Waals surface area (Å²) in [7, 11) is 0. The van der Waals surface area contributed by atoms with E-state index in [0.29, 0.717) is 31.1 Å². The maximum Gasteiger partial charge on any atom is 0.259 e. The Balaban J connectivity index is 0.00000161. The molecule has 116 valence electrons. The van der Waals surface area contributed by atoms with Gasteiger partial charge in [0.2, 0.25) is 0 Å². The molecule has 1 aromatic rings. The lowest BCUT2D eigenvalue weighted by molar-refractivity contribution is 0.0769. The van der Waals surface area contributed by atoms with Crippen molar-refractivity contribution in [3.8, 4) is 0 Å². The van der Waals surface area contributed by atoms with Crippen LogP contribution >= 0.6 is 12.4 Å². The number of rotatable bonds is 1. The lowest BCUT2D eigenvalue weighted by Crippen LogP contribution is -2.34. The van der Waals surface area contributed by atoms with Crippen LogP contribution in [0.4, 0.5) is 13.2 Å². The third-order valence-electron chi connectivity index (χ3n) is 4.42. The van der Waals surface area contributed by atoms with Crippen LogP contribution in [-0.4, -0.2) is 29.9 Å². The van der Waals surface area contributed by atoms with Crippen LogP contribution in [0.5, 0.6) is 0 Å². The van der Waals surface area contributed by atoms with E-state index < -0.39 is 28.9 Å². The highest BCUT2D eigenvalue weighted by molar-refractivity contribution is 5.95. The van der Waals surface area contributed by atoms with Gasteiger partial charge in [-0.15, -0.1) is 12.4 Å². The number of nitrogens with zero attached hydrogens (tertiary/aromatic N) is 1. The zero-order valence-corrected chi connectivity index (χ0v) is 12.0. The van der Waals surface area contributed by atoms with Crippen LogP contribution in [0.3, 0.4) is 0 Å². The second-order valence-corrected chi connectivity index (χ2v) is 5.62. The minimum atomic E-state index is -1.16. The summed E-state index contributed by atoms with van der Waals surface area (Å²) in [5.74, 6) is -3.56. The Bertz CT molecular complexity index is 546. The van der Waals surface area contributed by atoms with Crippen LogP contribution in [0.2, 0.25) is 0 Å². The van der Waals surface area contributed by atoms with E-state index in [9.17, 15) is 18.0 Å². The topological polar surface area (TPSA) is 46.3 Å². The van der Waals surface area contributed by atoms with Crippen molar-refractivity contribution in [1.29, 1.82) is 0 Å². The fourth-order valence-corrected chi connectivity index (χ4v) is 3.38. The number of carbonyl (C=O) groups is 1. The second-order valence-electron chi connectivity index (χ2n) is 5.62. The Kier molecular flexibility index (Phi) is 4.49. The number of benzene rings is 1. The Labute approximate surface area is 126 Å². The number of halogens is 4. The van der Waals surface area contributed by atoms with Gasteiger partial charge in [0.15, 0.2) is 0 Å². The zero-order valence-electron chi connectivity index (χ0n) is 11.2. The van der Waals surface area contributed by atoms with Crippen molar-refractivity contribution in [3.63, 3.8) is 0 Å². The third-order valence-corrected chi connectivity index (χ3v) is 4.42. The molecule has 0 radical (unpaired) electrons. The number of nitrogens with two attached hydrogens (primary N) is 1. The number of carbonyl (C=O) groups excluding carboxylic acids is 1. The molecule has 21 heavy (non-hydrogen) atoms. The molecule has 2 fully saturated rings. The zero-order chi connectivity index (χ0) is 14.4. The molecule has 1 aromatic carbocycles. The smallest absolute Gasteiger partial charge is 0.259 e. The SMILES string of the molecule is Cl.NC1CCC2CN(C(=O)c3c(F)cc(F)cc3F)CC12. The van der Waals surface area contributed by atoms with Gasteiger partial charge >= 0.3 is 0 Å². The summed E-state index contributed by atoms with van der Waals surface area (Å²) in [6, 6.07) is 1.10. The van der Waals surface area contributed by atoms with E-state index in [0.717, 1.165) is 12.8 Å². The third kappa shape index (κ3) is 2.74. The number of fused-ring (bicyclic) bond motifs is 1. The van der Waals surface area contributed by atoms with Crippen molar-refractivity contribution >= 4 is 18.3 Å². The van der Waals surface area contributed by atoms with Gasteiger partial charge in [0.1, 0.15) is 23.0 Å². The molecule has 0 bridgehead atoms. The van der Waals surface area contributed by atoms with Gasteiger partial charge in [0, 0.05) is 31.3 Å². The molecule has 0 spiro atoms. The lowest BCUT2D eigenvalue weighted by Gasteiger charge is -2.19. The molecule has 1 saturated heterocycles. The van der Waals surface area contributed by atoms with E-state index in [1.165, 1.54) is 4.90 Å². The maximum atomic E-state index is 13.6. The van der Waals surface area contributed by atoms with E-state index in [-0.39, 0.29) is 24.4 Å². The van der Waals surface area contributed by atoms with Crippen molar-refractivity contribution in [3.05, 3.63) is 35.1 Å². The number of hydrogen-bond acceptors (Lipinski definition) is 2. The first-order valence-electron chi connectivity index (χ1n) is 6.66. The molecule has 1 saturated carbocycles. The first-order chi connectivity index (χ1) is 9.47. The van der Waals surface area contributed by atoms with Gasteiger partial charge in [-0.3, -0.25) is 4.79 Å². The first-order valence-corrected chi connectivity index (χ1v) is 6.66. The molecular formula is C14H16ClF3N2O. The molecule has 3 unspecified atom stereocenters. The molecule has 1 heterocycles. The van der Waals surface area contributed by atoms with Crippen molar-refractivity contribution in [1.82, 2.24) is 4.90 Å². The van der Waals surface area contributed by atoms with E-state index >= 15 is 0 Å². The average molecular weight is 321 g/mol. The molecule has 1 amide bonds. The Morgan fingerprint density at radius 3 is 2.33 bits per heavy atom. The van der Waals surface area contributed by atoms with Gasteiger partial charge in [-0.2, -0.15) is 0 Å². The predicted octanol–water partition coefficient (Wildman–Crippen LogP) is 2.34. The first kappa shape index (κ1) is 16.1. The molecular weight excluding hydrogens is 305 g/mol. The fraction of sp³-hybridized carbons (Fsp3) is 0.500. The molecule has 0 aromatic heterocycles. The van der Waals surface area contributed by atoms with Crippen LogP contribution in [0.1, 0.15) is 23.2 Å². The molecule has 2 N–H and O–H groups in total. The quantitative estimate of drug-likeness (QED) is 0.863. The van der Waals surface area contributed by atoms with Gasteiger partial charge < -0.3 is 10.6 Å². The Morgan fingerprint density at radius 1 is 1.14 bits per heavy atom. The number of hydrogen-bond donors (Lipinski definition) is 1. The maximum absolute atomic E-state index is 13.6. The molecule has 3 nitrogen and oxygen atoms in total. The summed E-state index contributed by atoms with van der Waals surface area (Å²) in [5, 5.41) is 0. The van der Waals surface area contributed by atoms with Gasteiger partial charge in [-0.05, 0) is 24.7 Å². The van der Waals surface area contributed by atoms with Crippen LogP contribution in [-0.2, 0) is 0 Å². The van der Waals surface area contributed by atoms with Crippen molar-refractivity contribution < 1.29 is 18.0 Å². The highest BCUT2D eigenvalue weighted by Gasteiger charge is 2.43. The number of amides is 1. The van der Waals surface area contributed by atoms with Crippen molar-refractivity contribution in [2.24, 2.45) is 17.6 Å². The number of likely N-dealkylation sites (tertiary alicyclic amines) is 1. The van der Waals surface area contributed by atoms with Crippen LogP contribution in [0.25, 0.3) is 0 Å². The summed E-state index contributed by atoms with van der Waals surface area (Å²) >= 11 is 0. The summed E-state index contributed by atoms with van der Waals surface area (Å²) in [6.45, 7) is 0.883. The van der Waals surface area contributed by atoms with E-state index in [1.54, 1.807) is 0 Å². The van der Waals surface area contributed by atoms with Gasteiger partial charge in [0.05, 0.1) is 0 Å². The van der Waals surface area contributed by atoms with E-state index in [4.69, 9.17) is 5.73 Å². The molecule has 1 aliphatic carbocycles. The monoisotopic (exact) mass is 320 g/mol. The Morgan fingerprint density at radius 2 is 1.76 bits per heavy atom. The molecule has 7 heteroatoms. The van der Waals surface area contributed by atoms with Gasteiger partial charge in [-0.1, -0.05) is 0 Å². The standard InChI is InChI=1S/C14H15F3N2O.ClH/c15-8-3-10(16)13(11(17)4-8)14(20)19-5-7-1-2-12(18)9(7)6-19;/h3-4,7,9,12H,1-2,5-6,18H2;1H. The molecule has 2 aliphatic rings. The summed E-state index contributed by atoms with van der Waals surface area (Å²) in [5.41, 5.74) is 5.28. The predicted molar refractivity (Wildman–Crippen MR) is 73.7 cm³/mol. The minimum Gasteiger partial charge on any atom is -0.338 e. The minimum absolute atomic E-state index is 0. The van der Waals surface area contributed by atoms with Gasteiger partial charge in [0.25, 0.3) is 5.91 Å². The van der Waals surface area contributed by atoms with Gasteiger partial charge in [-0.25, -0.2) is 13.2 Å². The molecule has 3 atom stereocenters. The van der Waals surface area contributed by atoms with Crippen molar-refractivity contribution in [2.75, 3.05) is 13.1 Å². The van der Waals surface area contributed by atoms with Crippen LogP contribution < -0.4 is 5.73 Å². The summed E-state index contributed by atoms with van der Waals surface area (Å²) in [4.78, 5) is 13.6. The normalized spacial score (nSPS) is 27.4. The summed E-state index contributed by atoms with van der Waals surface area (Å²) < 4.78 is 40.1. The second kappa shape index (κ2) is 5.85. The van der Waals surface area contributed by atoms with Crippen LogP contribution in [0.15, 0.2) is 12.1 Å². The Hall–Kier alpha value is -1.27. The fourth-order valence-electron chi connectivity index (χ4n) is 3.38. The lowest BCUT2D eigenvalue weighted by atomic mass is 9.98. The van der Waals surface area contributed by atoms with E-state index in [1.807, 2.05) is 0 Å². The highest BCUT2D eigenvalue weighted by atomic mass is 35.5. The highest BCUT2D eigenvalue weighted by Crippen LogP contribution is 2.37. The molecule has 1 aliphatic heterocycles.